The Labute approximate surface area is 139 Å². The van der Waals surface area contributed by atoms with Crippen LogP contribution in [0.3, 0.4) is 0 Å². The molecule has 24 heavy (non-hydrogen) atoms. The molecule has 0 N–H and O–H groups in total. The number of aromatic nitrogens is 1. The van der Waals surface area contributed by atoms with E-state index in [0.29, 0.717) is 44.1 Å². The third kappa shape index (κ3) is 3.24. The van der Waals surface area contributed by atoms with Crippen molar-refractivity contribution in [1.82, 2.24) is 15.0 Å². The van der Waals surface area contributed by atoms with Crippen LogP contribution in [0, 0.1) is 0 Å². The number of carbonyl (C=O) groups is 2. The quantitative estimate of drug-likeness (QED) is 0.863. The molecule has 0 spiro atoms. The van der Waals surface area contributed by atoms with Crippen LogP contribution in [0.4, 0.5) is 4.79 Å². The molecule has 1 aliphatic heterocycles. The molecule has 2 aromatic rings. The minimum Gasteiger partial charge on any atom is -0.450 e. The number of amides is 2. The van der Waals surface area contributed by atoms with E-state index < -0.39 is 0 Å². The van der Waals surface area contributed by atoms with E-state index in [-0.39, 0.29) is 12.0 Å². The Morgan fingerprint density at radius 2 is 1.79 bits per heavy atom. The van der Waals surface area contributed by atoms with Crippen LogP contribution in [0.1, 0.15) is 17.3 Å². The summed E-state index contributed by atoms with van der Waals surface area (Å²) in [5, 5.41) is 3.77. The highest BCUT2D eigenvalue weighted by atomic mass is 16.6. The largest absolute Gasteiger partial charge is 0.450 e. The molecule has 0 aliphatic carbocycles. The molecular weight excluding hydrogens is 310 g/mol. The second-order valence-corrected chi connectivity index (χ2v) is 5.41. The Morgan fingerprint density at radius 3 is 2.46 bits per heavy atom. The minimum absolute atomic E-state index is 0.140. The van der Waals surface area contributed by atoms with Crippen molar-refractivity contribution in [2.45, 2.75) is 6.92 Å². The fourth-order valence-electron chi connectivity index (χ4n) is 2.67. The van der Waals surface area contributed by atoms with Crippen molar-refractivity contribution in [3.05, 3.63) is 42.1 Å². The molecule has 3 rings (SSSR count). The summed E-state index contributed by atoms with van der Waals surface area (Å²) < 4.78 is 10.3. The lowest BCUT2D eigenvalue weighted by Gasteiger charge is -2.33. The van der Waals surface area contributed by atoms with Crippen LogP contribution in [0.2, 0.25) is 0 Å². The highest BCUT2D eigenvalue weighted by molar-refractivity contribution is 5.99. The van der Waals surface area contributed by atoms with Gasteiger partial charge in [0.1, 0.15) is 5.56 Å². The summed E-state index contributed by atoms with van der Waals surface area (Å²) in [6, 6.07) is 9.40. The number of piperazine rings is 1. The molecule has 0 saturated carbocycles. The van der Waals surface area contributed by atoms with Gasteiger partial charge in [-0.25, -0.2) is 4.79 Å². The molecule has 2 amide bonds. The van der Waals surface area contributed by atoms with Crippen LogP contribution in [0.25, 0.3) is 11.3 Å². The zero-order valence-corrected chi connectivity index (χ0v) is 13.5. The molecule has 1 fully saturated rings. The molecule has 2 heterocycles. The van der Waals surface area contributed by atoms with Crippen LogP contribution < -0.4 is 0 Å². The first kappa shape index (κ1) is 16.0. The molecule has 1 aromatic carbocycles. The van der Waals surface area contributed by atoms with Gasteiger partial charge in [0.05, 0.1) is 12.8 Å². The van der Waals surface area contributed by atoms with Gasteiger partial charge in [-0.15, -0.1) is 0 Å². The van der Waals surface area contributed by atoms with E-state index in [4.69, 9.17) is 9.26 Å². The lowest BCUT2D eigenvalue weighted by Crippen LogP contribution is -2.50. The predicted molar refractivity (Wildman–Crippen MR) is 86.4 cm³/mol. The van der Waals surface area contributed by atoms with Gasteiger partial charge in [0.2, 0.25) is 0 Å². The van der Waals surface area contributed by atoms with Gasteiger partial charge in [0.25, 0.3) is 5.91 Å². The van der Waals surface area contributed by atoms with Crippen LogP contribution in [0.15, 0.2) is 41.1 Å². The number of ether oxygens (including phenoxy) is 1. The standard InChI is InChI=1S/C17H19N3O4/c1-2-23-17(22)20-10-8-19(9-11-20)16(21)14-12-18-24-15(14)13-6-4-3-5-7-13/h3-7,12H,2,8-11H2,1H3. The monoisotopic (exact) mass is 329 g/mol. The average molecular weight is 329 g/mol. The van der Waals surface area contributed by atoms with E-state index in [1.165, 1.54) is 6.20 Å². The molecule has 1 aromatic heterocycles. The summed E-state index contributed by atoms with van der Waals surface area (Å²) in [4.78, 5) is 27.8. The van der Waals surface area contributed by atoms with Crippen molar-refractivity contribution >= 4 is 12.0 Å². The van der Waals surface area contributed by atoms with Crippen LogP contribution >= 0.6 is 0 Å². The van der Waals surface area contributed by atoms with E-state index in [1.54, 1.807) is 16.7 Å². The third-order valence-electron chi connectivity index (χ3n) is 3.93. The Bertz CT molecular complexity index is 706. The van der Waals surface area contributed by atoms with Gasteiger partial charge < -0.3 is 19.1 Å². The Morgan fingerprint density at radius 1 is 1.12 bits per heavy atom. The summed E-state index contributed by atoms with van der Waals surface area (Å²) in [5.74, 6) is 0.326. The summed E-state index contributed by atoms with van der Waals surface area (Å²) in [5.41, 5.74) is 1.24. The molecule has 126 valence electrons. The van der Waals surface area contributed by atoms with Crippen LogP contribution in [-0.4, -0.2) is 59.7 Å². The minimum atomic E-state index is -0.334. The average Bonchev–Trinajstić information content (AvgIpc) is 3.12. The number of hydrogen-bond donors (Lipinski definition) is 0. The highest BCUT2D eigenvalue weighted by Crippen LogP contribution is 2.24. The van der Waals surface area contributed by atoms with Crippen molar-refractivity contribution in [3.8, 4) is 11.3 Å². The van der Waals surface area contributed by atoms with E-state index in [1.807, 2.05) is 30.3 Å². The summed E-state index contributed by atoms with van der Waals surface area (Å²) in [6.07, 6.45) is 1.11. The number of rotatable bonds is 3. The molecule has 1 aliphatic rings. The zero-order valence-electron chi connectivity index (χ0n) is 13.5. The predicted octanol–water partition coefficient (Wildman–Crippen LogP) is 2.26. The topological polar surface area (TPSA) is 75.9 Å². The zero-order chi connectivity index (χ0) is 16.9. The van der Waals surface area contributed by atoms with Gasteiger partial charge in [-0.2, -0.15) is 0 Å². The maximum Gasteiger partial charge on any atom is 0.409 e. The van der Waals surface area contributed by atoms with Crippen LogP contribution in [0.5, 0.6) is 0 Å². The second-order valence-electron chi connectivity index (χ2n) is 5.41. The number of benzene rings is 1. The van der Waals surface area contributed by atoms with Crippen molar-refractivity contribution in [2.75, 3.05) is 32.8 Å². The number of nitrogens with zero attached hydrogens (tertiary/aromatic N) is 3. The number of hydrogen-bond acceptors (Lipinski definition) is 5. The summed E-state index contributed by atoms with van der Waals surface area (Å²) in [7, 11) is 0. The maximum absolute atomic E-state index is 12.7. The van der Waals surface area contributed by atoms with Gasteiger partial charge in [-0.1, -0.05) is 35.5 Å². The first-order chi connectivity index (χ1) is 11.7. The van der Waals surface area contributed by atoms with Crippen LogP contribution in [-0.2, 0) is 4.74 Å². The summed E-state index contributed by atoms with van der Waals surface area (Å²) in [6.45, 7) is 3.94. The molecular formula is C17H19N3O4. The van der Waals surface area contributed by atoms with E-state index in [2.05, 4.69) is 5.16 Å². The Hall–Kier alpha value is -2.83. The first-order valence-corrected chi connectivity index (χ1v) is 7.91. The molecule has 0 atom stereocenters. The first-order valence-electron chi connectivity index (χ1n) is 7.91. The molecule has 1 saturated heterocycles. The van der Waals surface area contributed by atoms with E-state index in [9.17, 15) is 9.59 Å². The molecule has 0 bridgehead atoms. The van der Waals surface area contributed by atoms with Crippen molar-refractivity contribution in [3.63, 3.8) is 0 Å². The maximum atomic E-state index is 12.7. The lowest BCUT2D eigenvalue weighted by atomic mass is 10.1. The Balaban J connectivity index is 1.69. The SMILES string of the molecule is CCOC(=O)N1CCN(C(=O)c2cnoc2-c2ccccc2)CC1. The van der Waals surface area contributed by atoms with Gasteiger partial charge in [0.15, 0.2) is 5.76 Å². The smallest absolute Gasteiger partial charge is 0.409 e. The molecule has 0 radical (unpaired) electrons. The van der Waals surface area contributed by atoms with Crippen molar-refractivity contribution in [1.29, 1.82) is 0 Å². The molecule has 0 unspecified atom stereocenters. The van der Waals surface area contributed by atoms with Gasteiger partial charge in [-0.3, -0.25) is 4.79 Å². The molecule has 7 heteroatoms. The van der Waals surface area contributed by atoms with Gasteiger partial charge in [0, 0.05) is 31.7 Å². The van der Waals surface area contributed by atoms with Gasteiger partial charge >= 0.3 is 6.09 Å². The Kier molecular flexibility index (Phi) is 4.79. The van der Waals surface area contributed by atoms with Crippen molar-refractivity contribution in [2.24, 2.45) is 0 Å². The number of carbonyl (C=O) groups excluding carboxylic acids is 2. The second kappa shape index (κ2) is 7.16. The van der Waals surface area contributed by atoms with Gasteiger partial charge in [-0.05, 0) is 6.92 Å². The van der Waals surface area contributed by atoms with E-state index in [0.717, 1.165) is 5.56 Å². The van der Waals surface area contributed by atoms with E-state index >= 15 is 0 Å². The van der Waals surface area contributed by atoms with Crippen molar-refractivity contribution < 1.29 is 18.8 Å². The summed E-state index contributed by atoms with van der Waals surface area (Å²) >= 11 is 0. The highest BCUT2D eigenvalue weighted by Gasteiger charge is 2.28. The fourth-order valence-corrected chi connectivity index (χ4v) is 2.67. The fraction of sp³-hybridized carbons (Fsp3) is 0.353. The third-order valence-corrected chi connectivity index (χ3v) is 3.93. The lowest BCUT2D eigenvalue weighted by molar-refractivity contribution is 0.0570. The normalized spacial score (nSPS) is 14.5. The molecule has 7 nitrogen and oxygen atoms in total.